The summed E-state index contributed by atoms with van der Waals surface area (Å²) in [7, 11) is 1.59. The predicted octanol–water partition coefficient (Wildman–Crippen LogP) is 1.27. The van der Waals surface area contributed by atoms with Gasteiger partial charge in [-0.25, -0.2) is 4.98 Å². The first-order valence-electron chi connectivity index (χ1n) is 2.66. The molecular weight excluding hydrogens is 114 g/mol. The van der Waals surface area contributed by atoms with Crippen LogP contribution in [0.2, 0.25) is 0 Å². The van der Waals surface area contributed by atoms with Gasteiger partial charge in [-0.1, -0.05) is 6.07 Å². The highest BCUT2D eigenvalue weighted by Crippen LogP contribution is 2.04. The van der Waals surface area contributed by atoms with E-state index in [9.17, 15) is 0 Å². The van der Waals surface area contributed by atoms with Crippen LogP contribution in [-0.4, -0.2) is 12.1 Å². The van der Waals surface area contributed by atoms with Gasteiger partial charge in [0.15, 0.2) is 0 Å². The molecule has 0 N–H and O–H groups in total. The molecule has 1 aromatic rings. The minimum Gasteiger partial charge on any atom is -0.481 e. The average molecular weight is 122 g/mol. The highest BCUT2D eigenvalue weighted by atomic mass is 16.5. The van der Waals surface area contributed by atoms with Crippen LogP contribution in [0.15, 0.2) is 18.2 Å². The summed E-state index contributed by atoms with van der Waals surface area (Å²) in [6.07, 6.45) is 0. The third-order valence-corrected chi connectivity index (χ3v) is 0.990. The number of methoxy groups -OCH3 is 1. The molecule has 47 valence electrons. The Morgan fingerprint density at radius 2 is 2.33 bits per heavy atom. The number of rotatable bonds is 1. The van der Waals surface area contributed by atoms with Crippen LogP contribution in [0.4, 0.5) is 0 Å². The molecule has 1 aromatic heterocycles. The first-order valence-corrected chi connectivity index (χ1v) is 2.66. The third kappa shape index (κ3) is 1.42. The molecule has 0 aromatic carbocycles. The van der Waals surface area contributed by atoms with E-state index in [2.05, 4.69) is 11.9 Å². The molecule has 1 heterocycles. The van der Waals surface area contributed by atoms with Gasteiger partial charge in [-0.2, -0.15) is 0 Å². The molecule has 0 saturated heterocycles. The molecule has 0 unspecified atom stereocenters. The van der Waals surface area contributed by atoms with Crippen LogP contribution in [0.25, 0.3) is 0 Å². The summed E-state index contributed by atoms with van der Waals surface area (Å²) < 4.78 is 4.84. The fourth-order valence-electron chi connectivity index (χ4n) is 0.571. The van der Waals surface area contributed by atoms with E-state index in [1.807, 2.05) is 12.1 Å². The number of ether oxygens (including phenoxy) is 1. The van der Waals surface area contributed by atoms with Gasteiger partial charge in [0.1, 0.15) is 0 Å². The van der Waals surface area contributed by atoms with Gasteiger partial charge in [0.25, 0.3) is 0 Å². The topological polar surface area (TPSA) is 22.1 Å². The van der Waals surface area contributed by atoms with Crippen LogP contribution >= 0.6 is 0 Å². The molecule has 0 aliphatic heterocycles. The van der Waals surface area contributed by atoms with Crippen molar-refractivity contribution in [2.75, 3.05) is 7.11 Å². The number of aromatic nitrogens is 1. The van der Waals surface area contributed by atoms with Crippen molar-refractivity contribution in [2.45, 2.75) is 0 Å². The van der Waals surface area contributed by atoms with Crippen molar-refractivity contribution in [3.05, 3.63) is 30.8 Å². The first kappa shape index (κ1) is 6.08. The second kappa shape index (κ2) is 2.49. The molecular formula is C7H8NO. The van der Waals surface area contributed by atoms with Crippen molar-refractivity contribution >= 4 is 0 Å². The summed E-state index contributed by atoms with van der Waals surface area (Å²) in [6, 6.07) is 5.46. The Kier molecular flexibility index (Phi) is 1.68. The third-order valence-electron chi connectivity index (χ3n) is 0.990. The van der Waals surface area contributed by atoms with Gasteiger partial charge >= 0.3 is 0 Å². The molecule has 1 rings (SSSR count). The maximum atomic E-state index is 4.84. The summed E-state index contributed by atoms with van der Waals surface area (Å²) in [5.41, 5.74) is 0.731. The number of hydrogen-bond acceptors (Lipinski definition) is 2. The van der Waals surface area contributed by atoms with Crippen LogP contribution in [-0.2, 0) is 0 Å². The summed E-state index contributed by atoms with van der Waals surface area (Å²) in [5, 5.41) is 0. The standard InChI is InChI=1S/C7H8NO/c1-6-4-3-5-7(8-6)9-2/h3-5H,1H2,2H3. The van der Waals surface area contributed by atoms with Gasteiger partial charge in [-0.15, -0.1) is 0 Å². The van der Waals surface area contributed by atoms with Crippen LogP contribution in [0, 0.1) is 6.92 Å². The number of pyridine rings is 1. The van der Waals surface area contributed by atoms with Crippen molar-refractivity contribution < 1.29 is 4.74 Å². The lowest BCUT2D eigenvalue weighted by atomic mass is 10.4. The molecule has 9 heavy (non-hydrogen) atoms. The monoisotopic (exact) mass is 122 g/mol. The lowest BCUT2D eigenvalue weighted by Crippen LogP contribution is -1.87. The number of nitrogens with zero attached hydrogens (tertiary/aromatic N) is 1. The van der Waals surface area contributed by atoms with E-state index in [4.69, 9.17) is 4.74 Å². The quantitative estimate of drug-likeness (QED) is 0.559. The predicted molar refractivity (Wildman–Crippen MR) is 35.2 cm³/mol. The highest BCUT2D eigenvalue weighted by Gasteiger charge is 1.88. The molecule has 0 saturated carbocycles. The summed E-state index contributed by atoms with van der Waals surface area (Å²) in [4.78, 5) is 3.96. The van der Waals surface area contributed by atoms with Crippen LogP contribution < -0.4 is 4.74 Å². The molecule has 2 heteroatoms. The van der Waals surface area contributed by atoms with Gasteiger partial charge in [-0.3, -0.25) is 0 Å². The Labute approximate surface area is 54.5 Å². The first-order chi connectivity index (χ1) is 4.33. The fraction of sp³-hybridized carbons (Fsp3) is 0.143. The second-order valence-corrected chi connectivity index (χ2v) is 1.67. The van der Waals surface area contributed by atoms with E-state index in [-0.39, 0.29) is 0 Å². The highest BCUT2D eigenvalue weighted by molar-refractivity contribution is 5.16. The van der Waals surface area contributed by atoms with Crippen LogP contribution in [0.3, 0.4) is 0 Å². The largest absolute Gasteiger partial charge is 0.481 e. The fourth-order valence-corrected chi connectivity index (χ4v) is 0.571. The van der Waals surface area contributed by atoms with Gasteiger partial charge in [0, 0.05) is 11.8 Å². The van der Waals surface area contributed by atoms with Gasteiger partial charge < -0.3 is 4.74 Å². The average Bonchev–Trinajstić information content (AvgIpc) is 1.88. The van der Waals surface area contributed by atoms with E-state index < -0.39 is 0 Å². The summed E-state index contributed by atoms with van der Waals surface area (Å²) >= 11 is 0. The lowest BCUT2D eigenvalue weighted by Gasteiger charge is -1.96. The van der Waals surface area contributed by atoms with Crippen molar-refractivity contribution in [2.24, 2.45) is 0 Å². The van der Waals surface area contributed by atoms with E-state index in [1.165, 1.54) is 0 Å². The number of hydrogen-bond donors (Lipinski definition) is 0. The lowest BCUT2D eigenvalue weighted by molar-refractivity contribution is 0.397. The zero-order chi connectivity index (χ0) is 6.69. The maximum absolute atomic E-state index is 4.84. The smallest absolute Gasteiger partial charge is 0.213 e. The van der Waals surface area contributed by atoms with E-state index in [0.29, 0.717) is 5.88 Å². The Bertz CT molecular complexity index is 198. The van der Waals surface area contributed by atoms with Gasteiger partial charge in [0.2, 0.25) is 5.88 Å². The van der Waals surface area contributed by atoms with Crippen molar-refractivity contribution in [3.8, 4) is 5.88 Å². The SMILES string of the molecule is [CH2]c1cccc(OC)n1. The Morgan fingerprint density at radius 3 is 2.78 bits per heavy atom. The molecule has 0 aliphatic rings. The van der Waals surface area contributed by atoms with Crippen LogP contribution in [0.5, 0.6) is 5.88 Å². The Morgan fingerprint density at radius 1 is 1.56 bits per heavy atom. The molecule has 0 bridgehead atoms. The van der Waals surface area contributed by atoms with E-state index >= 15 is 0 Å². The van der Waals surface area contributed by atoms with E-state index in [0.717, 1.165) is 5.69 Å². The molecule has 0 fully saturated rings. The Hall–Kier alpha value is -1.05. The maximum Gasteiger partial charge on any atom is 0.213 e. The van der Waals surface area contributed by atoms with Crippen molar-refractivity contribution in [3.63, 3.8) is 0 Å². The molecule has 0 aliphatic carbocycles. The Balaban J connectivity index is 2.94. The molecule has 2 nitrogen and oxygen atoms in total. The molecule has 1 radical (unpaired) electrons. The van der Waals surface area contributed by atoms with Gasteiger partial charge in [-0.05, 0) is 13.0 Å². The van der Waals surface area contributed by atoms with E-state index in [1.54, 1.807) is 13.2 Å². The molecule has 0 amide bonds. The second-order valence-electron chi connectivity index (χ2n) is 1.67. The van der Waals surface area contributed by atoms with Gasteiger partial charge in [0.05, 0.1) is 7.11 Å². The normalized spacial score (nSPS) is 9.11. The zero-order valence-corrected chi connectivity index (χ0v) is 5.29. The zero-order valence-electron chi connectivity index (χ0n) is 5.29. The molecule has 0 spiro atoms. The van der Waals surface area contributed by atoms with Crippen LogP contribution in [0.1, 0.15) is 5.69 Å². The summed E-state index contributed by atoms with van der Waals surface area (Å²) in [6.45, 7) is 3.64. The minimum atomic E-state index is 0.613. The summed E-state index contributed by atoms with van der Waals surface area (Å²) in [5.74, 6) is 0.613. The van der Waals surface area contributed by atoms with Crippen molar-refractivity contribution in [1.29, 1.82) is 0 Å². The van der Waals surface area contributed by atoms with Crippen molar-refractivity contribution in [1.82, 2.24) is 4.98 Å². The minimum absolute atomic E-state index is 0.613. The molecule has 0 atom stereocenters.